The van der Waals surface area contributed by atoms with Gasteiger partial charge in [0.05, 0.1) is 18.8 Å². The van der Waals surface area contributed by atoms with Crippen molar-refractivity contribution in [2.75, 3.05) is 6.54 Å². The molecule has 0 unspecified atom stereocenters. The lowest BCUT2D eigenvalue weighted by Gasteiger charge is -2.39. The summed E-state index contributed by atoms with van der Waals surface area (Å²) in [6, 6.07) is 0. The molecular formula is C16H27N5O4Si. The average Bonchev–Trinajstić information content (AvgIpc) is 2.89. The van der Waals surface area contributed by atoms with Crippen molar-refractivity contribution in [3.63, 3.8) is 0 Å². The summed E-state index contributed by atoms with van der Waals surface area (Å²) >= 11 is 0. The molecular weight excluding hydrogens is 354 g/mol. The van der Waals surface area contributed by atoms with Crippen molar-refractivity contribution in [1.29, 1.82) is 0 Å². The molecule has 0 aromatic carbocycles. The Morgan fingerprint density at radius 1 is 1.46 bits per heavy atom. The zero-order valence-corrected chi connectivity index (χ0v) is 17.1. The van der Waals surface area contributed by atoms with E-state index in [4.69, 9.17) is 14.7 Å². The highest BCUT2D eigenvalue weighted by Gasteiger charge is 2.45. The summed E-state index contributed by atoms with van der Waals surface area (Å²) in [5, 5.41) is 3.64. The molecule has 9 nitrogen and oxygen atoms in total. The van der Waals surface area contributed by atoms with Crippen LogP contribution in [0.3, 0.4) is 0 Å². The Morgan fingerprint density at radius 3 is 2.69 bits per heavy atom. The van der Waals surface area contributed by atoms with Gasteiger partial charge in [-0.05, 0) is 30.6 Å². The van der Waals surface area contributed by atoms with Gasteiger partial charge in [0, 0.05) is 23.1 Å². The molecule has 0 radical (unpaired) electrons. The summed E-state index contributed by atoms with van der Waals surface area (Å²) in [6.45, 7) is 12.5. The molecule has 1 aromatic heterocycles. The molecule has 0 saturated carbocycles. The second kappa shape index (κ2) is 7.40. The average molecular weight is 382 g/mol. The lowest BCUT2D eigenvalue weighted by atomic mass is 10.2. The third-order valence-electron chi connectivity index (χ3n) is 5.21. The van der Waals surface area contributed by atoms with E-state index in [9.17, 15) is 9.59 Å². The second-order valence-electron chi connectivity index (χ2n) is 8.17. The van der Waals surface area contributed by atoms with Gasteiger partial charge >= 0.3 is 5.69 Å². The van der Waals surface area contributed by atoms with Crippen molar-refractivity contribution in [2.24, 2.45) is 5.11 Å². The molecule has 2 heterocycles. The fraction of sp³-hybridized carbons (Fsp3) is 0.750. The fourth-order valence-corrected chi connectivity index (χ4v) is 3.99. The smallest absolute Gasteiger partial charge is 0.330 e. The predicted octanol–water partition coefficient (Wildman–Crippen LogP) is 2.83. The van der Waals surface area contributed by atoms with Gasteiger partial charge in [0.2, 0.25) is 0 Å². The first-order chi connectivity index (χ1) is 12.0. The van der Waals surface area contributed by atoms with Crippen LogP contribution in [0.2, 0.25) is 18.1 Å². The molecule has 0 bridgehead atoms. The van der Waals surface area contributed by atoms with E-state index in [0.717, 1.165) is 0 Å². The third-order valence-corrected chi connectivity index (χ3v) is 9.72. The van der Waals surface area contributed by atoms with Crippen LogP contribution in [0.15, 0.2) is 20.9 Å². The molecule has 10 heteroatoms. The summed E-state index contributed by atoms with van der Waals surface area (Å²) in [5.41, 5.74) is 8.13. The minimum atomic E-state index is -2.07. The Morgan fingerprint density at radius 2 is 2.12 bits per heavy atom. The minimum Gasteiger partial charge on any atom is -0.411 e. The van der Waals surface area contributed by atoms with Gasteiger partial charge in [0.15, 0.2) is 8.32 Å². The lowest BCUT2D eigenvalue weighted by Crippen LogP contribution is -2.46. The number of azide groups is 1. The number of aryl methyl sites for hydroxylation is 1. The highest BCUT2D eigenvalue weighted by atomic mass is 28.4. The maximum absolute atomic E-state index is 12.2. The molecule has 1 aliphatic heterocycles. The third kappa shape index (κ3) is 4.26. The fourth-order valence-electron chi connectivity index (χ4n) is 2.63. The van der Waals surface area contributed by atoms with Crippen molar-refractivity contribution in [2.45, 2.75) is 70.7 Å². The Balaban J connectivity index is 2.31. The van der Waals surface area contributed by atoms with E-state index in [2.05, 4.69) is 48.9 Å². The maximum atomic E-state index is 12.2. The molecule has 144 valence electrons. The van der Waals surface area contributed by atoms with Gasteiger partial charge in [-0.2, -0.15) is 0 Å². The molecule has 26 heavy (non-hydrogen) atoms. The monoisotopic (exact) mass is 381 g/mol. The van der Waals surface area contributed by atoms with Crippen LogP contribution in [-0.2, 0) is 9.16 Å². The molecule has 1 aliphatic rings. The van der Waals surface area contributed by atoms with Crippen LogP contribution in [0.5, 0.6) is 0 Å². The first-order valence-corrected chi connectivity index (χ1v) is 11.5. The van der Waals surface area contributed by atoms with Crippen molar-refractivity contribution in [1.82, 2.24) is 9.55 Å². The number of H-pyrrole nitrogens is 1. The Bertz CT molecular complexity index is 819. The summed E-state index contributed by atoms with van der Waals surface area (Å²) in [5.74, 6) is 0. The van der Waals surface area contributed by atoms with Gasteiger partial charge in [0.25, 0.3) is 5.56 Å². The van der Waals surface area contributed by atoms with Crippen molar-refractivity contribution in [3.05, 3.63) is 43.0 Å². The van der Waals surface area contributed by atoms with E-state index in [1.807, 2.05) is 0 Å². The number of hydrogen-bond acceptors (Lipinski definition) is 5. The van der Waals surface area contributed by atoms with Gasteiger partial charge in [0.1, 0.15) is 6.23 Å². The minimum absolute atomic E-state index is 0.0134. The Labute approximate surface area is 153 Å². The van der Waals surface area contributed by atoms with Crippen LogP contribution >= 0.6 is 0 Å². The van der Waals surface area contributed by atoms with Gasteiger partial charge in [-0.25, -0.2) is 4.79 Å². The highest BCUT2D eigenvalue weighted by molar-refractivity contribution is 6.74. The lowest BCUT2D eigenvalue weighted by molar-refractivity contribution is -0.0132. The van der Waals surface area contributed by atoms with Crippen LogP contribution < -0.4 is 11.2 Å². The first-order valence-electron chi connectivity index (χ1n) is 8.62. The van der Waals surface area contributed by atoms with E-state index >= 15 is 0 Å². The molecule has 1 fully saturated rings. The second-order valence-corrected chi connectivity index (χ2v) is 12.9. The quantitative estimate of drug-likeness (QED) is 0.364. The number of nitrogens with one attached hydrogen (secondary N) is 1. The summed E-state index contributed by atoms with van der Waals surface area (Å²) in [7, 11) is -2.07. The summed E-state index contributed by atoms with van der Waals surface area (Å²) in [6.07, 6.45) is 0.635. The largest absolute Gasteiger partial charge is 0.411 e. The Hall–Kier alpha value is -1.87. The first kappa shape index (κ1) is 20.4. The van der Waals surface area contributed by atoms with Crippen molar-refractivity contribution >= 4 is 8.32 Å². The zero-order valence-electron chi connectivity index (χ0n) is 16.1. The van der Waals surface area contributed by atoms with E-state index in [1.54, 1.807) is 6.92 Å². The maximum Gasteiger partial charge on any atom is 0.330 e. The van der Waals surface area contributed by atoms with Crippen molar-refractivity contribution in [3.8, 4) is 0 Å². The van der Waals surface area contributed by atoms with Crippen LogP contribution in [0, 0.1) is 6.92 Å². The number of aromatic nitrogens is 2. The SMILES string of the molecule is Cc1cn([C@H]2C[C@H](O[Si](C)(C)C(C)(C)C)[C@@H](CN=[N+]=[N-])O2)c(=O)[nH]c1=O. The molecule has 2 rings (SSSR count). The Kier molecular flexibility index (Phi) is 5.81. The van der Waals surface area contributed by atoms with Crippen LogP contribution in [0.1, 0.15) is 39.0 Å². The summed E-state index contributed by atoms with van der Waals surface area (Å²) < 4.78 is 13.8. The number of nitrogens with zero attached hydrogens (tertiary/aromatic N) is 4. The van der Waals surface area contributed by atoms with Crippen molar-refractivity contribution < 1.29 is 9.16 Å². The van der Waals surface area contributed by atoms with Crippen LogP contribution in [-0.4, -0.2) is 36.6 Å². The topological polar surface area (TPSA) is 122 Å². The molecule has 1 aromatic rings. The van der Waals surface area contributed by atoms with E-state index in [1.165, 1.54) is 10.8 Å². The normalized spacial score (nSPS) is 23.7. The standard InChI is InChI=1S/C16H27N5O4Si/c1-10-9-21(15(23)19-14(10)22)13-7-11(12(24-13)8-18-20-17)25-26(5,6)16(2,3)4/h9,11-13H,7-8H2,1-6H3,(H,19,22,23)/t11-,12+,13+/m0/s1. The number of aromatic amines is 1. The molecule has 0 spiro atoms. The highest BCUT2D eigenvalue weighted by Crippen LogP contribution is 2.40. The number of ether oxygens (including phenoxy) is 1. The zero-order chi connectivity index (χ0) is 19.7. The number of rotatable bonds is 5. The van der Waals surface area contributed by atoms with E-state index < -0.39 is 31.9 Å². The predicted molar refractivity (Wildman–Crippen MR) is 101 cm³/mol. The molecule has 3 atom stereocenters. The molecule has 0 amide bonds. The van der Waals surface area contributed by atoms with E-state index in [0.29, 0.717) is 12.0 Å². The molecule has 1 N–H and O–H groups in total. The van der Waals surface area contributed by atoms with Gasteiger partial charge in [-0.3, -0.25) is 14.3 Å². The number of hydrogen-bond donors (Lipinski definition) is 1. The van der Waals surface area contributed by atoms with Crippen LogP contribution in [0.4, 0.5) is 0 Å². The van der Waals surface area contributed by atoms with Gasteiger partial charge < -0.3 is 9.16 Å². The molecule has 1 saturated heterocycles. The van der Waals surface area contributed by atoms with E-state index in [-0.39, 0.29) is 17.7 Å². The van der Waals surface area contributed by atoms with Gasteiger partial charge in [-0.15, -0.1) is 0 Å². The summed E-state index contributed by atoms with van der Waals surface area (Å²) in [4.78, 5) is 28.8. The molecule has 0 aliphatic carbocycles. The van der Waals surface area contributed by atoms with Gasteiger partial charge in [-0.1, -0.05) is 25.9 Å². The van der Waals surface area contributed by atoms with Crippen LogP contribution in [0.25, 0.3) is 10.4 Å².